The number of rotatable bonds is 3. The molecule has 6 nitrogen and oxygen atoms in total. The summed E-state index contributed by atoms with van der Waals surface area (Å²) in [6.45, 7) is 5.80. The van der Waals surface area contributed by atoms with Crippen molar-refractivity contribution in [3.8, 4) is 0 Å². The monoisotopic (exact) mass is 262 g/mol. The standard InChI is InChI=1S/C13H18N4O2/c1-8(2)11-13(19)17(9(3)12(18)16-11)7-10-14-5-4-6-15-10/h4-6,8-9,11H,7H2,1-3H3,(H,16,18). The van der Waals surface area contributed by atoms with Crippen molar-refractivity contribution >= 4 is 11.8 Å². The predicted molar refractivity (Wildman–Crippen MR) is 68.8 cm³/mol. The number of carbonyl (C=O) groups excluding carboxylic acids is 2. The predicted octanol–water partition coefficient (Wildman–Crippen LogP) is 0.348. The molecule has 0 bridgehead atoms. The molecule has 0 radical (unpaired) electrons. The molecule has 2 atom stereocenters. The lowest BCUT2D eigenvalue weighted by Crippen LogP contribution is -2.63. The van der Waals surface area contributed by atoms with Crippen LogP contribution in [0.5, 0.6) is 0 Å². The zero-order valence-corrected chi connectivity index (χ0v) is 11.3. The van der Waals surface area contributed by atoms with Crippen molar-refractivity contribution in [3.05, 3.63) is 24.3 Å². The van der Waals surface area contributed by atoms with Gasteiger partial charge in [-0.05, 0) is 18.9 Å². The number of aromatic nitrogens is 2. The molecule has 1 N–H and O–H groups in total. The molecule has 1 aliphatic rings. The van der Waals surface area contributed by atoms with Crippen LogP contribution in [0.1, 0.15) is 26.6 Å². The fourth-order valence-electron chi connectivity index (χ4n) is 2.08. The SMILES string of the molecule is CC(C)C1NC(=O)C(C)N(Cc2ncccn2)C1=O. The van der Waals surface area contributed by atoms with E-state index < -0.39 is 12.1 Å². The minimum atomic E-state index is -0.494. The van der Waals surface area contributed by atoms with Gasteiger partial charge in [-0.15, -0.1) is 0 Å². The fraction of sp³-hybridized carbons (Fsp3) is 0.538. The fourth-order valence-corrected chi connectivity index (χ4v) is 2.08. The van der Waals surface area contributed by atoms with Gasteiger partial charge in [0.25, 0.3) is 0 Å². The van der Waals surface area contributed by atoms with Crippen molar-refractivity contribution in [2.24, 2.45) is 5.92 Å². The van der Waals surface area contributed by atoms with E-state index in [1.807, 2.05) is 13.8 Å². The average Bonchev–Trinajstić information content (AvgIpc) is 2.40. The van der Waals surface area contributed by atoms with Gasteiger partial charge in [-0.2, -0.15) is 0 Å². The van der Waals surface area contributed by atoms with E-state index in [1.165, 1.54) is 0 Å². The molecular formula is C13H18N4O2. The summed E-state index contributed by atoms with van der Waals surface area (Å²) >= 11 is 0. The van der Waals surface area contributed by atoms with Gasteiger partial charge >= 0.3 is 0 Å². The Kier molecular flexibility index (Phi) is 3.78. The number of hydrogen-bond donors (Lipinski definition) is 1. The Bertz CT molecular complexity index is 475. The maximum atomic E-state index is 12.4. The molecule has 1 aromatic rings. The van der Waals surface area contributed by atoms with Crippen LogP contribution in [-0.4, -0.2) is 38.8 Å². The van der Waals surface area contributed by atoms with E-state index in [0.29, 0.717) is 5.82 Å². The highest BCUT2D eigenvalue weighted by molar-refractivity contribution is 5.96. The zero-order chi connectivity index (χ0) is 14.0. The Morgan fingerprint density at radius 3 is 2.53 bits per heavy atom. The van der Waals surface area contributed by atoms with Gasteiger partial charge in [0, 0.05) is 12.4 Å². The van der Waals surface area contributed by atoms with Crippen LogP contribution in [0.3, 0.4) is 0 Å². The maximum Gasteiger partial charge on any atom is 0.246 e. The van der Waals surface area contributed by atoms with E-state index in [0.717, 1.165) is 0 Å². The first kappa shape index (κ1) is 13.5. The Morgan fingerprint density at radius 1 is 1.32 bits per heavy atom. The lowest BCUT2D eigenvalue weighted by atomic mass is 9.98. The lowest BCUT2D eigenvalue weighted by Gasteiger charge is -2.38. The molecule has 0 aromatic carbocycles. The van der Waals surface area contributed by atoms with E-state index in [1.54, 1.807) is 30.3 Å². The molecule has 1 saturated heterocycles. The van der Waals surface area contributed by atoms with Gasteiger partial charge in [0.1, 0.15) is 17.9 Å². The molecule has 2 unspecified atom stereocenters. The Balaban J connectivity index is 2.21. The Hall–Kier alpha value is -1.98. The highest BCUT2D eigenvalue weighted by Gasteiger charge is 2.39. The van der Waals surface area contributed by atoms with Crippen LogP contribution in [0.15, 0.2) is 18.5 Å². The van der Waals surface area contributed by atoms with Gasteiger partial charge in [0.2, 0.25) is 11.8 Å². The number of carbonyl (C=O) groups is 2. The van der Waals surface area contributed by atoms with Gasteiger partial charge in [0.15, 0.2) is 0 Å². The molecule has 1 aliphatic heterocycles. The number of nitrogens with one attached hydrogen (secondary N) is 1. The highest BCUT2D eigenvalue weighted by atomic mass is 16.2. The van der Waals surface area contributed by atoms with Gasteiger partial charge in [-0.1, -0.05) is 13.8 Å². The van der Waals surface area contributed by atoms with Crippen LogP contribution >= 0.6 is 0 Å². The minimum Gasteiger partial charge on any atom is -0.342 e. The van der Waals surface area contributed by atoms with Crippen molar-refractivity contribution in [2.75, 3.05) is 0 Å². The third-order valence-electron chi connectivity index (χ3n) is 3.29. The molecule has 0 aliphatic carbocycles. The average molecular weight is 262 g/mol. The normalized spacial score (nSPS) is 23.7. The van der Waals surface area contributed by atoms with Crippen LogP contribution in [0.4, 0.5) is 0 Å². The van der Waals surface area contributed by atoms with E-state index in [9.17, 15) is 9.59 Å². The van der Waals surface area contributed by atoms with Crippen molar-refractivity contribution in [1.82, 2.24) is 20.2 Å². The summed E-state index contributed by atoms with van der Waals surface area (Å²) in [5.41, 5.74) is 0. The Morgan fingerprint density at radius 2 is 1.95 bits per heavy atom. The third kappa shape index (κ3) is 2.72. The quantitative estimate of drug-likeness (QED) is 0.852. The van der Waals surface area contributed by atoms with Crippen LogP contribution in [-0.2, 0) is 16.1 Å². The summed E-state index contributed by atoms with van der Waals surface area (Å²) in [5, 5.41) is 2.76. The second kappa shape index (κ2) is 5.34. The molecule has 1 aromatic heterocycles. The van der Waals surface area contributed by atoms with Crippen molar-refractivity contribution in [3.63, 3.8) is 0 Å². The number of hydrogen-bond acceptors (Lipinski definition) is 4. The van der Waals surface area contributed by atoms with Crippen molar-refractivity contribution < 1.29 is 9.59 Å². The van der Waals surface area contributed by atoms with Gasteiger partial charge in [-0.3, -0.25) is 9.59 Å². The molecule has 2 heterocycles. The number of nitrogens with zero attached hydrogens (tertiary/aromatic N) is 3. The van der Waals surface area contributed by atoms with E-state index in [2.05, 4.69) is 15.3 Å². The van der Waals surface area contributed by atoms with Gasteiger partial charge < -0.3 is 10.2 Å². The summed E-state index contributed by atoms with van der Waals surface area (Å²) in [7, 11) is 0. The Labute approximate surface area is 112 Å². The molecule has 2 amide bonds. The topological polar surface area (TPSA) is 75.2 Å². The first-order valence-corrected chi connectivity index (χ1v) is 6.37. The first-order chi connectivity index (χ1) is 9.00. The highest BCUT2D eigenvalue weighted by Crippen LogP contribution is 2.16. The molecule has 2 rings (SSSR count). The summed E-state index contributed by atoms with van der Waals surface area (Å²) in [5.74, 6) is 0.395. The summed E-state index contributed by atoms with van der Waals surface area (Å²) < 4.78 is 0. The van der Waals surface area contributed by atoms with Crippen LogP contribution in [0, 0.1) is 5.92 Å². The van der Waals surface area contributed by atoms with E-state index in [-0.39, 0.29) is 24.3 Å². The molecule has 0 saturated carbocycles. The zero-order valence-electron chi connectivity index (χ0n) is 11.3. The number of amides is 2. The molecule has 1 fully saturated rings. The van der Waals surface area contributed by atoms with Gasteiger partial charge in [-0.25, -0.2) is 9.97 Å². The summed E-state index contributed by atoms with van der Waals surface area (Å²) in [6.07, 6.45) is 3.25. The van der Waals surface area contributed by atoms with Crippen molar-refractivity contribution in [1.29, 1.82) is 0 Å². The van der Waals surface area contributed by atoms with E-state index in [4.69, 9.17) is 0 Å². The molecular weight excluding hydrogens is 244 g/mol. The second-order valence-corrected chi connectivity index (χ2v) is 5.04. The van der Waals surface area contributed by atoms with Crippen LogP contribution < -0.4 is 5.32 Å². The molecule has 19 heavy (non-hydrogen) atoms. The lowest BCUT2D eigenvalue weighted by molar-refractivity contribution is -0.150. The number of piperazine rings is 1. The molecule has 6 heteroatoms. The molecule has 0 spiro atoms. The maximum absolute atomic E-state index is 12.4. The van der Waals surface area contributed by atoms with Gasteiger partial charge in [0.05, 0.1) is 6.54 Å². The van der Waals surface area contributed by atoms with E-state index >= 15 is 0 Å². The van der Waals surface area contributed by atoms with Crippen LogP contribution in [0.25, 0.3) is 0 Å². The largest absolute Gasteiger partial charge is 0.342 e. The smallest absolute Gasteiger partial charge is 0.246 e. The summed E-state index contributed by atoms with van der Waals surface area (Å²) in [6, 6.07) is 0.757. The van der Waals surface area contributed by atoms with Crippen LogP contribution in [0.2, 0.25) is 0 Å². The minimum absolute atomic E-state index is 0.0585. The third-order valence-corrected chi connectivity index (χ3v) is 3.29. The van der Waals surface area contributed by atoms with Crippen molar-refractivity contribution in [2.45, 2.75) is 39.4 Å². The summed E-state index contributed by atoms with van der Waals surface area (Å²) in [4.78, 5) is 34.0. The first-order valence-electron chi connectivity index (χ1n) is 6.37. The second-order valence-electron chi connectivity index (χ2n) is 5.04. The molecule has 102 valence electrons.